The van der Waals surface area contributed by atoms with E-state index in [4.69, 9.17) is 0 Å². The van der Waals surface area contributed by atoms with E-state index >= 15 is 0 Å². The van der Waals surface area contributed by atoms with Crippen molar-refractivity contribution in [1.29, 1.82) is 0 Å². The van der Waals surface area contributed by atoms with E-state index in [-0.39, 0.29) is 11.4 Å². The molecule has 2 N–H and O–H groups in total. The van der Waals surface area contributed by atoms with Gasteiger partial charge in [0.25, 0.3) is 0 Å². The number of benzene rings is 1. The Labute approximate surface area is 102 Å². The third-order valence-corrected chi connectivity index (χ3v) is 4.30. The molecule has 1 aromatic rings. The van der Waals surface area contributed by atoms with Gasteiger partial charge in [-0.1, -0.05) is 0 Å². The van der Waals surface area contributed by atoms with Gasteiger partial charge in [0.15, 0.2) is 0 Å². The Hall–Kier alpha value is -0.500. The molecule has 0 atom stereocenters. The summed E-state index contributed by atoms with van der Waals surface area (Å²) in [6.07, 6.45) is 0. The second-order valence-electron chi connectivity index (χ2n) is 3.08. The van der Waals surface area contributed by atoms with Crippen LogP contribution >= 0.6 is 15.9 Å². The van der Waals surface area contributed by atoms with Crippen molar-refractivity contribution in [2.24, 2.45) is 0 Å². The van der Waals surface area contributed by atoms with Gasteiger partial charge in [-0.15, -0.1) is 0 Å². The lowest BCUT2D eigenvalue weighted by Crippen LogP contribution is -2.30. The van der Waals surface area contributed by atoms with Crippen LogP contribution in [0.5, 0.6) is 0 Å². The molecule has 7 heteroatoms. The first-order chi connectivity index (χ1) is 7.47. The normalized spacial score (nSPS) is 11.7. The predicted octanol–water partition coefficient (Wildman–Crippen LogP) is 1.09. The minimum absolute atomic E-state index is 0.0939. The van der Waals surface area contributed by atoms with Crippen LogP contribution in [0.2, 0.25) is 0 Å². The van der Waals surface area contributed by atoms with Crippen LogP contribution in [-0.4, -0.2) is 28.6 Å². The summed E-state index contributed by atoms with van der Waals surface area (Å²) < 4.78 is 39.1. The van der Waals surface area contributed by atoms with Crippen LogP contribution in [0.15, 0.2) is 27.6 Å². The van der Waals surface area contributed by atoms with Crippen molar-refractivity contribution in [3.05, 3.63) is 28.5 Å². The molecule has 0 bridgehead atoms. The maximum Gasteiger partial charge on any atom is 0.241 e. The van der Waals surface area contributed by atoms with E-state index < -0.39 is 15.8 Å². The van der Waals surface area contributed by atoms with Crippen LogP contribution in [0.4, 0.5) is 4.39 Å². The molecular weight excluding hydrogens is 299 g/mol. The van der Waals surface area contributed by atoms with Crippen molar-refractivity contribution < 1.29 is 12.8 Å². The first-order valence-electron chi connectivity index (χ1n) is 4.56. The number of hydrogen-bond donors (Lipinski definition) is 2. The molecule has 0 aliphatic rings. The van der Waals surface area contributed by atoms with Gasteiger partial charge in [-0.25, -0.2) is 17.5 Å². The number of nitrogens with one attached hydrogen (secondary N) is 2. The van der Waals surface area contributed by atoms with Crippen LogP contribution in [0.3, 0.4) is 0 Å². The number of sulfonamides is 1. The number of halogens is 2. The zero-order valence-corrected chi connectivity index (χ0v) is 11.0. The van der Waals surface area contributed by atoms with E-state index in [0.717, 1.165) is 6.07 Å². The largest absolute Gasteiger partial charge is 0.318 e. The molecular formula is C9H12BrFN2O2S. The maximum atomic E-state index is 12.9. The van der Waals surface area contributed by atoms with Gasteiger partial charge in [0.2, 0.25) is 10.0 Å². The minimum Gasteiger partial charge on any atom is -0.318 e. The van der Waals surface area contributed by atoms with Crippen molar-refractivity contribution in [2.75, 3.05) is 20.1 Å². The van der Waals surface area contributed by atoms with Gasteiger partial charge in [0, 0.05) is 17.6 Å². The lowest BCUT2D eigenvalue weighted by Gasteiger charge is -2.08. The summed E-state index contributed by atoms with van der Waals surface area (Å²) in [5.74, 6) is -0.586. The fraction of sp³-hybridized carbons (Fsp3) is 0.333. The molecule has 0 unspecified atom stereocenters. The Bertz CT molecular complexity index is 465. The average Bonchev–Trinajstić information content (AvgIpc) is 2.22. The smallest absolute Gasteiger partial charge is 0.241 e. The highest BCUT2D eigenvalue weighted by Gasteiger charge is 2.17. The van der Waals surface area contributed by atoms with E-state index in [0.29, 0.717) is 11.0 Å². The number of rotatable bonds is 5. The predicted molar refractivity (Wildman–Crippen MR) is 63.2 cm³/mol. The molecule has 0 aliphatic heterocycles. The van der Waals surface area contributed by atoms with Gasteiger partial charge in [0.1, 0.15) is 5.82 Å². The number of likely N-dealkylation sites (N-methyl/N-ethyl adjacent to an activating group) is 1. The first kappa shape index (κ1) is 13.6. The van der Waals surface area contributed by atoms with E-state index in [2.05, 4.69) is 26.0 Å². The summed E-state index contributed by atoms with van der Waals surface area (Å²) in [6.45, 7) is 0.758. The fourth-order valence-corrected chi connectivity index (χ4v) is 3.08. The van der Waals surface area contributed by atoms with E-state index in [9.17, 15) is 12.8 Å². The van der Waals surface area contributed by atoms with Gasteiger partial charge < -0.3 is 5.32 Å². The molecule has 0 amide bonds. The summed E-state index contributed by atoms with van der Waals surface area (Å²) in [7, 11) is -1.95. The zero-order valence-electron chi connectivity index (χ0n) is 8.63. The van der Waals surface area contributed by atoms with E-state index in [1.807, 2.05) is 0 Å². The van der Waals surface area contributed by atoms with Crippen molar-refractivity contribution in [2.45, 2.75) is 4.90 Å². The first-order valence-corrected chi connectivity index (χ1v) is 6.84. The van der Waals surface area contributed by atoms with Crippen LogP contribution in [-0.2, 0) is 10.0 Å². The van der Waals surface area contributed by atoms with Crippen molar-refractivity contribution in [1.82, 2.24) is 10.0 Å². The number of hydrogen-bond acceptors (Lipinski definition) is 3. The molecule has 0 radical (unpaired) electrons. The lowest BCUT2D eigenvalue weighted by molar-refractivity contribution is 0.575. The lowest BCUT2D eigenvalue weighted by atomic mass is 10.3. The van der Waals surface area contributed by atoms with Crippen molar-refractivity contribution >= 4 is 26.0 Å². The van der Waals surface area contributed by atoms with E-state index in [1.165, 1.54) is 12.1 Å². The molecule has 1 aromatic carbocycles. The second kappa shape index (κ2) is 5.72. The summed E-state index contributed by atoms with van der Waals surface area (Å²) in [5, 5.41) is 2.81. The topological polar surface area (TPSA) is 58.2 Å². The average molecular weight is 311 g/mol. The van der Waals surface area contributed by atoms with Crippen molar-refractivity contribution in [3.8, 4) is 0 Å². The molecule has 0 aliphatic carbocycles. The fourth-order valence-electron chi connectivity index (χ4n) is 1.07. The van der Waals surface area contributed by atoms with Crippen molar-refractivity contribution in [3.63, 3.8) is 0 Å². The molecule has 0 fully saturated rings. The molecule has 0 spiro atoms. The molecule has 1 rings (SSSR count). The zero-order chi connectivity index (χ0) is 12.2. The maximum absolute atomic E-state index is 12.9. The summed E-state index contributed by atoms with van der Waals surface area (Å²) in [4.78, 5) is -0.0939. The van der Waals surface area contributed by atoms with Crippen LogP contribution < -0.4 is 10.0 Å². The quantitative estimate of drug-likeness (QED) is 0.800. The van der Waals surface area contributed by atoms with Gasteiger partial charge in [-0.2, -0.15) is 0 Å². The Morgan fingerprint density at radius 3 is 2.69 bits per heavy atom. The molecule has 0 saturated heterocycles. The van der Waals surface area contributed by atoms with Gasteiger partial charge >= 0.3 is 0 Å². The Morgan fingerprint density at radius 2 is 2.06 bits per heavy atom. The van der Waals surface area contributed by atoms with Gasteiger partial charge in [0.05, 0.1) is 4.90 Å². The third kappa shape index (κ3) is 3.51. The molecule has 0 aromatic heterocycles. The second-order valence-corrected chi connectivity index (χ2v) is 5.67. The summed E-state index contributed by atoms with van der Waals surface area (Å²) in [6, 6.07) is 3.53. The highest BCUT2D eigenvalue weighted by molar-refractivity contribution is 9.10. The van der Waals surface area contributed by atoms with Gasteiger partial charge in [-0.05, 0) is 41.2 Å². The standard InChI is InChI=1S/C9H12BrFN2O2S/c1-12-4-5-13-16(14,15)9-6-7(11)2-3-8(9)10/h2-3,6,12-13H,4-5H2,1H3. The molecule has 0 saturated carbocycles. The highest BCUT2D eigenvalue weighted by Crippen LogP contribution is 2.22. The molecule has 16 heavy (non-hydrogen) atoms. The van der Waals surface area contributed by atoms with E-state index in [1.54, 1.807) is 7.05 Å². The summed E-state index contributed by atoms with van der Waals surface area (Å²) >= 11 is 3.07. The van der Waals surface area contributed by atoms with Crippen LogP contribution in [0, 0.1) is 5.82 Å². The SMILES string of the molecule is CNCCNS(=O)(=O)c1cc(F)ccc1Br. The molecule has 4 nitrogen and oxygen atoms in total. The highest BCUT2D eigenvalue weighted by atomic mass is 79.9. The monoisotopic (exact) mass is 310 g/mol. The van der Waals surface area contributed by atoms with Crippen LogP contribution in [0.25, 0.3) is 0 Å². The molecule has 90 valence electrons. The van der Waals surface area contributed by atoms with Crippen LogP contribution in [0.1, 0.15) is 0 Å². The minimum atomic E-state index is -3.66. The Kier molecular flexibility index (Phi) is 4.85. The third-order valence-electron chi connectivity index (χ3n) is 1.85. The Morgan fingerprint density at radius 1 is 1.38 bits per heavy atom. The molecule has 0 heterocycles. The van der Waals surface area contributed by atoms with Gasteiger partial charge in [-0.3, -0.25) is 0 Å². The Balaban J connectivity index is 2.93. The summed E-state index contributed by atoms with van der Waals surface area (Å²) in [5.41, 5.74) is 0.